The van der Waals surface area contributed by atoms with Gasteiger partial charge in [-0.1, -0.05) is 11.2 Å². The lowest BCUT2D eigenvalue weighted by Crippen LogP contribution is -1.94. The molecule has 1 N–H and O–H groups in total. The topological polar surface area (TPSA) is 51.0 Å². The molecule has 0 heterocycles. The van der Waals surface area contributed by atoms with E-state index < -0.39 is 0 Å². The summed E-state index contributed by atoms with van der Waals surface area (Å²) in [5, 5.41) is 12.2. The lowest BCUT2D eigenvalue weighted by Gasteiger charge is -2.02. The van der Waals surface area contributed by atoms with Crippen molar-refractivity contribution in [3.63, 3.8) is 0 Å². The molecule has 0 spiro atoms. The average molecular weight is 221 g/mol. The molecule has 0 radical (unpaired) electrons. The minimum Gasteiger partial charge on any atom is -0.490 e. The normalized spacial score (nSPS) is 11.1. The van der Waals surface area contributed by atoms with Gasteiger partial charge >= 0.3 is 0 Å². The Hall–Kier alpha value is -1.81. The summed E-state index contributed by atoms with van der Waals surface area (Å²) in [7, 11) is 1.50. The van der Waals surface area contributed by atoms with E-state index in [2.05, 4.69) is 9.99 Å². The predicted molar refractivity (Wildman–Crippen MR) is 62.8 cm³/mol. The first-order valence-corrected chi connectivity index (χ1v) is 4.92. The number of nitrogens with zero attached hydrogens (tertiary/aromatic N) is 1. The molecular formula is C12H15NO3. The van der Waals surface area contributed by atoms with E-state index in [-0.39, 0.29) is 6.61 Å². The third-order valence-corrected chi connectivity index (χ3v) is 1.81. The van der Waals surface area contributed by atoms with E-state index in [0.717, 1.165) is 11.3 Å². The van der Waals surface area contributed by atoms with Gasteiger partial charge in [-0.05, 0) is 35.9 Å². The van der Waals surface area contributed by atoms with Crippen LogP contribution in [-0.4, -0.2) is 31.6 Å². The van der Waals surface area contributed by atoms with Crippen molar-refractivity contribution < 1.29 is 14.7 Å². The average Bonchev–Trinajstić information content (AvgIpc) is 2.33. The Kier molecular flexibility index (Phi) is 5.73. The maximum absolute atomic E-state index is 8.51. The lowest BCUT2D eigenvalue weighted by molar-refractivity contribution is 0.215. The van der Waals surface area contributed by atoms with Gasteiger partial charge < -0.3 is 14.7 Å². The summed E-state index contributed by atoms with van der Waals surface area (Å²) in [6.07, 6.45) is 5.02. The molecule has 0 atom stereocenters. The highest BCUT2D eigenvalue weighted by Gasteiger charge is 1.92. The minimum absolute atomic E-state index is 0.0375. The lowest BCUT2D eigenvalue weighted by atomic mass is 10.2. The zero-order valence-corrected chi connectivity index (χ0v) is 9.17. The number of rotatable bonds is 6. The fourth-order valence-electron chi connectivity index (χ4n) is 1.05. The highest BCUT2D eigenvalue weighted by atomic mass is 16.6. The van der Waals surface area contributed by atoms with Crippen LogP contribution in [0.4, 0.5) is 0 Å². The molecule has 4 nitrogen and oxygen atoms in total. The molecule has 4 heteroatoms. The molecule has 0 amide bonds. The molecule has 1 aromatic rings. The first-order valence-electron chi connectivity index (χ1n) is 4.92. The monoisotopic (exact) mass is 221 g/mol. The molecule has 16 heavy (non-hydrogen) atoms. The van der Waals surface area contributed by atoms with E-state index in [9.17, 15) is 0 Å². The van der Waals surface area contributed by atoms with Gasteiger partial charge in [-0.15, -0.1) is 0 Å². The Balaban J connectivity index is 2.45. The van der Waals surface area contributed by atoms with Crippen LogP contribution in [0.5, 0.6) is 5.75 Å². The van der Waals surface area contributed by atoms with Crippen molar-refractivity contribution >= 4 is 6.21 Å². The summed E-state index contributed by atoms with van der Waals surface area (Å²) in [6.45, 7) is 0.488. The van der Waals surface area contributed by atoms with Crippen LogP contribution in [0.25, 0.3) is 0 Å². The number of aliphatic hydroxyl groups excluding tert-OH is 1. The number of hydrogen-bond donors (Lipinski definition) is 1. The third-order valence-electron chi connectivity index (χ3n) is 1.81. The van der Waals surface area contributed by atoms with Gasteiger partial charge in [0.15, 0.2) is 0 Å². The van der Waals surface area contributed by atoms with Gasteiger partial charge in [0.1, 0.15) is 19.5 Å². The van der Waals surface area contributed by atoms with Crippen LogP contribution < -0.4 is 4.74 Å². The highest BCUT2D eigenvalue weighted by Crippen LogP contribution is 2.10. The van der Waals surface area contributed by atoms with E-state index in [1.807, 2.05) is 24.3 Å². The number of oxime groups is 1. The van der Waals surface area contributed by atoms with Crippen molar-refractivity contribution in [3.05, 3.63) is 42.0 Å². The van der Waals surface area contributed by atoms with Crippen LogP contribution in [0.1, 0.15) is 5.56 Å². The van der Waals surface area contributed by atoms with Crippen LogP contribution >= 0.6 is 0 Å². The van der Waals surface area contributed by atoms with Gasteiger partial charge in [-0.25, -0.2) is 0 Å². The molecule has 0 aliphatic rings. The van der Waals surface area contributed by atoms with Crippen LogP contribution in [0, 0.1) is 0 Å². The summed E-state index contributed by atoms with van der Waals surface area (Å²) in [6, 6.07) is 7.47. The van der Waals surface area contributed by atoms with Crippen molar-refractivity contribution in [1.29, 1.82) is 0 Å². The second-order valence-corrected chi connectivity index (χ2v) is 2.95. The zero-order chi connectivity index (χ0) is 11.6. The van der Waals surface area contributed by atoms with Crippen LogP contribution in [-0.2, 0) is 4.84 Å². The fourth-order valence-corrected chi connectivity index (χ4v) is 1.05. The van der Waals surface area contributed by atoms with Gasteiger partial charge in [-0.2, -0.15) is 0 Å². The van der Waals surface area contributed by atoms with Gasteiger partial charge in [-0.3, -0.25) is 0 Å². The summed E-state index contributed by atoms with van der Waals surface area (Å²) < 4.78 is 5.39. The van der Waals surface area contributed by atoms with E-state index >= 15 is 0 Å². The molecule has 0 saturated carbocycles. The van der Waals surface area contributed by atoms with Gasteiger partial charge in [0.05, 0.1) is 12.8 Å². The van der Waals surface area contributed by atoms with E-state index in [4.69, 9.17) is 9.84 Å². The molecule has 0 fully saturated rings. The molecule has 0 aliphatic carbocycles. The molecular weight excluding hydrogens is 206 g/mol. The smallest absolute Gasteiger partial charge is 0.119 e. The van der Waals surface area contributed by atoms with Crippen molar-refractivity contribution in [2.45, 2.75) is 0 Å². The minimum atomic E-state index is 0.0375. The van der Waals surface area contributed by atoms with Crippen LogP contribution in [0.15, 0.2) is 41.6 Å². The molecule has 0 saturated heterocycles. The largest absolute Gasteiger partial charge is 0.490 e. The second kappa shape index (κ2) is 7.48. The summed E-state index contributed by atoms with van der Waals surface area (Å²) in [5.74, 6) is 0.775. The first-order chi connectivity index (χ1) is 7.86. The maximum atomic E-state index is 8.51. The molecule has 1 rings (SSSR count). The predicted octanol–water partition coefficient (Wildman–Crippen LogP) is 1.59. The number of benzene rings is 1. The molecule has 0 unspecified atom stereocenters. The highest BCUT2D eigenvalue weighted by molar-refractivity contribution is 5.79. The third kappa shape index (κ3) is 4.61. The van der Waals surface area contributed by atoms with Gasteiger partial charge in [0.2, 0.25) is 0 Å². The van der Waals surface area contributed by atoms with Gasteiger partial charge in [0.25, 0.3) is 0 Å². The van der Waals surface area contributed by atoms with Crippen LogP contribution in [0.3, 0.4) is 0 Å². The quantitative estimate of drug-likeness (QED) is 0.451. The standard InChI is InChI=1S/C12H15NO3/c1-15-13-10-11-4-6-12(7-5-11)16-9-3-2-8-14/h2-7,10,14H,8-9H2,1H3/b3-2+,13-10?. The zero-order valence-electron chi connectivity index (χ0n) is 9.17. The fraction of sp³-hybridized carbons (Fsp3) is 0.250. The number of ether oxygens (including phenoxy) is 1. The Morgan fingerprint density at radius 3 is 2.62 bits per heavy atom. The van der Waals surface area contributed by atoms with Crippen molar-refractivity contribution in [1.82, 2.24) is 0 Å². The number of aliphatic hydroxyl groups is 1. The Bertz CT molecular complexity index is 344. The summed E-state index contributed by atoms with van der Waals surface area (Å²) in [5.41, 5.74) is 0.945. The second-order valence-electron chi connectivity index (χ2n) is 2.95. The Labute approximate surface area is 94.8 Å². The molecule has 0 aliphatic heterocycles. The molecule has 0 bridgehead atoms. The first kappa shape index (κ1) is 12.3. The number of hydrogen-bond acceptors (Lipinski definition) is 4. The summed E-state index contributed by atoms with van der Waals surface area (Å²) in [4.78, 5) is 4.57. The molecule has 86 valence electrons. The van der Waals surface area contributed by atoms with Crippen molar-refractivity contribution in [2.24, 2.45) is 5.16 Å². The van der Waals surface area contributed by atoms with E-state index in [1.165, 1.54) is 7.11 Å². The Morgan fingerprint density at radius 1 is 1.25 bits per heavy atom. The molecule has 0 aromatic heterocycles. The van der Waals surface area contributed by atoms with Crippen molar-refractivity contribution in [2.75, 3.05) is 20.3 Å². The van der Waals surface area contributed by atoms with Gasteiger partial charge in [0, 0.05) is 0 Å². The molecule has 1 aromatic carbocycles. The van der Waals surface area contributed by atoms with Crippen LogP contribution in [0.2, 0.25) is 0 Å². The van der Waals surface area contributed by atoms with E-state index in [0.29, 0.717) is 6.61 Å². The van der Waals surface area contributed by atoms with Crippen molar-refractivity contribution in [3.8, 4) is 5.75 Å². The Morgan fingerprint density at radius 2 is 2.00 bits per heavy atom. The SMILES string of the molecule is CON=Cc1ccc(OC/C=C/CO)cc1. The summed E-state index contributed by atoms with van der Waals surface area (Å²) >= 11 is 0. The van der Waals surface area contributed by atoms with E-state index in [1.54, 1.807) is 18.4 Å². The maximum Gasteiger partial charge on any atom is 0.119 e.